The minimum absolute atomic E-state index is 0.226. The fraction of sp³-hybridized carbons (Fsp3) is 0.846. The van der Waals surface area contributed by atoms with E-state index in [1.807, 2.05) is 6.92 Å². The van der Waals surface area contributed by atoms with Crippen LogP contribution < -0.4 is 11.5 Å². The summed E-state index contributed by atoms with van der Waals surface area (Å²) in [6.07, 6.45) is 4.89. The van der Waals surface area contributed by atoms with Gasteiger partial charge in [-0.15, -0.1) is 6.58 Å². The van der Waals surface area contributed by atoms with Crippen LogP contribution in [0.5, 0.6) is 0 Å². The molecule has 0 amide bonds. The standard InChI is InChI=1S/C13H26N2O/c1-4-16-10-12(9-11(2)3)5-7-13(14,15)8-6-12/h2,4-10,14-15H2,1,3H3. The second-order valence-corrected chi connectivity index (χ2v) is 5.50. The molecule has 0 bridgehead atoms. The lowest BCUT2D eigenvalue weighted by molar-refractivity contribution is 0.0114. The summed E-state index contributed by atoms with van der Waals surface area (Å²) in [7, 11) is 0. The first-order valence-corrected chi connectivity index (χ1v) is 6.19. The lowest BCUT2D eigenvalue weighted by atomic mass is 9.68. The molecule has 3 nitrogen and oxygen atoms in total. The summed E-state index contributed by atoms with van der Waals surface area (Å²) < 4.78 is 5.62. The van der Waals surface area contributed by atoms with Crippen LogP contribution in [0.25, 0.3) is 0 Å². The van der Waals surface area contributed by atoms with Crippen LogP contribution in [0.3, 0.4) is 0 Å². The fourth-order valence-corrected chi connectivity index (χ4v) is 2.58. The Morgan fingerprint density at radius 1 is 1.25 bits per heavy atom. The molecule has 1 aliphatic rings. The second kappa shape index (κ2) is 5.30. The molecule has 0 heterocycles. The van der Waals surface area contributed by atoms with Crippen molar-refractivity contribution in [3.05, 3.63) is 12.2 Å². The van der Waals surface area contributed by atoms with Gasteiger partial charge in [0.15, 0.2) is 0 Å². The molecular formula is C13H26N2O. The Kier molecular flexibility index (Phi) is 4.53. The molecule has 1 aliphatic carbocycles. The average molecular weight is 226 g/mol. The Hall–Kier alpha value is -0.380. The Balaban J connectivity index is 2.62. The molecule has 1 saturated carbocycles. The summed E-state index contributed by atoms with van der Waals surface area (Å²) in [4.78, 5) is 0. The van der Waals surface area contributed by atoms with Crippen LogP contribution in [0.15, 0.2) is 12.2 Å². The van der Waals surface area contributed by atoms with Gasteiger partial charge in [-0.1, -0.05) is 5.57 Å². The maximum Gasteiger partial charge on any atom is 0.0637 e. The van der Waals surface area contributed by atoms with Gasteiger partial charge in [-0.2, -0.15) is 0 Å². The van der Waals surface area contributed by atoms with E-state index < -0.39 is 5.66 Å². The van der Waals surface area contributed by atoms with Gasteiger partial charge in [0.1, 0.15) is 0 Å². The lowest BCUT2D eigenvalue weighted by Gasteiger charge is -2.43. The van der Waals surface area contributed by atoms with Crippen LogP contribution in [0.2, 0.25) is 0 Å². The molecule has 0 radical (unpaired) electrons. The van der Waals surface area contributed by atoms with E-state index >= 15 is 0 Å². The van der Waals surface area contributed by atoms with E-state index in [2.05, 4.69) is 13.5 Å². The summed E-state index contributed by atoms with van der Waals surface area (Å²) in [6.45, 7) is 9.72. The second-order valence-electron chi connectivity index (χ2n) is 5.50. The fourth-order valence-electron chi connectivity index (χ4n) is 2.58. The van der Waals surface area contributed by atoms with Gasteiger partial charge in [0.25, 0.3) is 0 Å². The highest BCUT2D eigenvalue weighted by molar-refractivity contribution is 5.01. The third kappa shape index (κ3) is 3.89. The van der Waals surface area contributed by atoms with Gasteiger partial charge in [-0.25, -0.2) is 0 Å². The Morgan fingerprint density at radius 3 is 2.25 bits per heavy atom. The van der Waals surface area contributed by atoms with Crippen LogP contribution in [0.1, 0.15) is 46.0 Å². The van der Waals surface area contributed by atoms with E-state index in [0.29, 0.717) is 0 Å². The van der Waals surface area contributed by atoms with Crippen molar-refractivity contribution in [3.8, 4) is 0 Å². The monoisotopic (exact) mass is 226 g/mol. The molecule has 0 unspecified atom stereocenters. The van der Waals surface area contributed by atoms with Gasteiger partial charge in [0.05, 0.1) is 12.3 Å². The van der Waals surface area contributed by atoms with Crippen molar-refractivity contribution in [1.29, 1.82) is 0 Å². The number of allylic oxidation sites excluding steroid dienone is 1. The minimum atomic E-state index is -0.467. The zero-order valence-electron chi connectivity index (χ0n) is 10.7. The van der Waals surface area contributed by atoms with Crippen molar-refractivity contribution >= 4 is 0 Å². The van der Waals surface area contributed by atoms with Gasteiger partial charge in [0.2, 0.25) is 0 Å². The molecule has 0 saturated heterocycles. The highest BCUT2D eigenvalue weighted by atomic mass is 16.5. The van der Waals surface area contributed by atoms with E-state index in [-0.39, 0.29) is 5.41 Å². The molecule has 16 heavy (non-hydrogen) atoms. The van der Waals surface area contributed by atoms with Crippen molar-refractivity contribution < 1.29 is 4.74 Å². The topological polar surface area (TPSA) is 61.3 Å². The van der Waals surface area contributed by atoms with Crippen molar-refractivity contribution in [1.82, 2.24) is 0 Å². The first-order valence-electron chi connectivity index (χ1n) is 6.19. The molecule has 1 fully saturated rings. The molecule has 4 N–H and O–H groups in total. The number of hydrogen-bond donors (Lipinski definition) is 2. The zero-order valence-corrected chi connectivity index (χ0v) is 10.7. The molecular weight excluding hydrogens is 200 g/mol. The maximum atomic E-state index is 5.97. The molecule has 0 aliphatic heterocycles. The molecule has 0 spiro atoms. The van der Waals surface area contributed by atoms with Gasteiger partial charge in [0, 0.05) is 6.61 Å². The average Bonchev–Trinajstić information content (AvgIpc) is 2.19. The summed E-state index contributed by atoms with van der Waals surface area (Å²) >= 11 is 0. The first kappa shape index (κ1) is 13.7. The Labute approximate surface area is 99.2 Å². The largest absolute Gasteiger partial charge is 0.381 e. The van der Waals surface area contributed by atoms with Crippen molar-refractivity contribution in [2.75, 3.05) is 13.2 Å². The minimum Gasteiger partial charge on any atom is -0.381 e. The summed E-state index contributed by atoms with van der Waals surface area (Å²) in [5.74, 6) is 0. The lowest BCUT2D eigenvalue weighted by Crippen LogP contribution is -2.54. The molecule has 3 heteroatoms. The van der Waals surface area contributed by atoms with Crippen molar-refractivity contribution in [2.24, 2.45) is 16.9 Å². The predicted octanol–water partition coefficient (Wildman–Crippen LogP) is 2.16. The normalized spacial score (nSPS) is 23.0. The van der Waals surface area contributed by atoms with E-state index in [0.717, 1.165) is 45.3 Å². The van der Waals surface area contributed by atoms with E-state index in [9.17, 15) is 0 Å². The van der Waals surface area contributed by atoms with E-state index in [1.54, 1.807) is 0 Å². The molecule has 1 rings (SSSR count). The smallest absolute Gasteiger partial charge is 0.0637 e. The van der Waals surface area contributed by atoms with Gasteiger partial charge >= 0.3 is 0 Å². The quantitative estimate of drug-likeness (QED) is 0.558. The third-order valence-electron chi connectivity index (χ3n) is 3.53. The van der Waals surface area contributed by atoms with Gasteiger partial charge in [-0.3, -0.25) is 0 Å². The van der Waals surface area contributed by atoms with Crippen LogP contribution in [-0.2, 0) is 4.74 Å². The maximum absolute atomic E-state index is 5.97. The first-order chi connectivity index (χ1) is 7.39. The van der Waals surface area contributed by atoms with Crippen LogP contribution in [0, 0.1) is 5.41 Å². The molecule has 94 valence electrons. The SMILES string of the molecule is C=C(C)CC1(COCC)CCC(N)(N)CC1. The summed E-state index contributed by atoms with van der Waals surface area (Å²) in [5.41, 5.74) is 12.9. The Bertz CT molecular complexity index is 238. The van der Waals surface area contributed by atoms with Crippen LogP contribution in [0.4, 0.5) is 0 Å². The zero-order chi connectivity index (χ0) is 12.2. The molecule has 0 aromatic heterocycles. The highest BCUT2D eigenvalue weighted by Crippen LogP contribution is 2.42. The summed E-state index contributed by atoms with van der Waals surface area (Å²) in [6, 6.07) is 0. The predicted molar refractivity (Wildman–Crippen MR) is 67.9 cm³/mol. The molecule has 0 aromatic carbocycles. The third-order valence-corrected chi connectivity index (χ3v) is 3.53. The number of nitrogens with two attached hydrogens (primary N) is 2. The van der Waals surface area contributed by atoms with Gasteiger partial charge < -0.3 is 16.2 Å². The van der Waals surface area contributed by atoms with Crippen LogP contribution >= 0.6 is 0 Å². The number of hydrogen-bond acceptors (Lipinski definition) is 3. The highest BCUT2D eigenvalue weighted by Gasteiger charge is 2.38. The van der Waals surface area contributed by atoms with Crippen molar-refractivity contribution in [2.45, 2.75) is 51.6 Å². The Morgan fingerprint density at radius 2 is 1.81 bits per heavy atom. The van der Waals surface area contributed by atoms with E-state index in [1.165, 1.54) is 5.57 Å². The summed E-state index contributed by atoms with van der Waals surface area (Å²) in [5, 5.41) is 0. The van der Waals surface area contributed by atoms with Crippen LogP contribution in [-0.4, -0.2) is 18.9 Å². The van der Waals surface area contributed by atoms with Gasteiger partial charge in [-0.05, 0) is 51.4 Å². The molecule has 0 aromatic rings. The van der Waals surface area contributed by atoms with Crippen molar-refractivity contribution in [3.63, 3.8) is 0 Å². The molecule has 0 atom stereocenters. The van der Waals surface area contributed by atoms with E-state index in [4.69, 9.17) is 16.2 Å². The number of ether oxygens (including phenoxy) is 1. The number of rotatable bonds is 5.